The maximum Gasteiger partial charge on any atom is 0.192 e. The molecule has 0 radical (unpaired) electrons. The minimum atomic E-state index is -1.85. The Balaban J connectivity index is 1.72. The largest absolute Gasteiger partial charge is 0.497 e. The zero-order chi connectivity index (χ0) is 27.1. The summed E-state index contributed by atoms with van der Waals surface area (Å²) >= 11 is 3.62. The van der Waals surface area contributed by atoms with Gasteiger partial charge in [-0.25, -0.2) is 0 Å². The molecule has 0 spiro atoms. The van der Waals surface area contributed by atoms with Crippen molar-refractivity contribution in [2.24, 2.45) is 22.7 Å². The Labute approximate surface area is 237 Å². The molecule has 0 aliphatic heterocycles. The van der Waals surface area contributed by atoms with Crippen LogP contribution in [0.5, 0.6) is 5.75 Å². The number of allylic oxidation sites excluding steroid dienone is 1. The molecule has 0 saturated heterocycles. The molecule has 1 aromatic carbocycles. The van der Waals surface area contributed by atoms with Crippen molar-refractivity contribution in [3.63, 3.8) is 0 Å². The van der Waals surface area contributed by atoms with Crippen molar-refractivity contribution in [2.75, 3.05) is 12.4 Å². The smallest absolute Gasteiger partial charge is 0.192 e. The Bertz CT molecular complexity index is 952. The standard InChI is InChI=1S/C33H53BrO2Si/c1-9-33-20-19-24-22-26(35-6)15-16-27(24)30(33)25(14-12-10-11-13-21-34)23-32(5)28(33)17-18-29(32)36-37(7,8)31(2,3)4/h9,15-16,22,25,28-30H,1,10-14,17-21,23H2,2-8H3/t25-,28+,29-,30+,32-,33?/m0/s1. The summed E-state index contributed by atoms with van der Waals surface area (Å²) in [5, 5.41) is 1.37. The summed E-state index contributed by atoms with van der Waals surface area (Å²) in [6, 6.07) is 6.94. The number of ether oxygens (including phenoxy) is 1. The first-order valence-corrected chi connectivity index (χ1v) is 19.0. The molecule has 1 aromatic rings. The number of hydrogen-bond acceptors (Lipinski definition) is 2. The first-order chi connectivity index (χ1) is 17.4. The molecule has 0 heterocycles. The highest BCUT2D eigenvalue weighted by molar-refractivity contribution is 9.09. The molecule has 0 bridgehead atoms. The van der Waals surface area contributed by atoms with Crippen LogP contribution in [0.1, 0.15) is 103 Å². The number of hydrogen-bond donors (Lipinski definition) is 0. The average molecular weight is 590 g/mol. The lowest BCUT2D eigenvalue weighted by atomic mass is 9.44. The van der Waals surface area contributed by atoms with Crippen LogP contribution in [0, 0.1) is 22.7 Å². The lowest BCUT2D eigenvalue weighted by molar-refractivity contribution is -0.0772. The van der Waals surface area contributed by atoms with Gasteiger partial charge in [0.15, 0.2) is 8.32 Å². The fourth-order valence-electron chi connectivity index (χ4n) is 8.37. The summed E-state index contributed by atoms with van der Waals surface area (Å²) in [4.78, 5) is 0. The highest BCUT2D eigenvalue weighted by Crippen LogP contribution is 2.70. The third-order valence-corrected chi connectivity index (χ3v) is 16.3. The third-order valence-electron chi connectivity index (χ3n) is 11.2. The molecule has 208 valence electrons. The van der Waals surface area contributed by atoms with Crippen molar-refractivity contribution >= 4 is 24.2 Å². The monoisotopic (exact) mass is 588 g/mol. The summed E-state index contributed by atoms with van der Waals surface area (Å²) < 4.78 is 12.9. The fourth-order valence-corrected chi connectivity index (χ4v) is 10.2. The highest BCUT2D eigenvalue weighted by atomic mass is 79.9. The van der Waals surface area contributed by atoms with E-state index in [4.69, 9.17) is 9.16 Å². The number of unbranched alkanes of at least 4 members (excludes halogenated alkanes) is 3. The Morgan fingerprint density at radius 1 is 1.14 bits per heavy atom. The van der Waals surface area contributed by atoms with Crippen molar-refractivity contribution < 1.29 is 9.16 Å². The molecule has 6 atom stereocenters. The Kier molecular flexibility index (Phi) is 8.84. The van der Waals surface area contributed by atoms with Gasteiger partial charge in [0, 0.05) is 5.33 Å². The molecule has 4 rings (SSSR count). The van der Waals surface area contributed by atoms with Gasteiger partial charge in [-0.2, -0.15) is 0 Å². The molecule has 4 heteroatoms. The highest BCUT2D eigenvalue weighted by Gasteiger charge is 2.64. The Morgan fingerprint density at radius 2 is 1.86 bits per heavy atom. The minimum absolute atomic E-state index is 0.167. The van der Waals surface area contributed by atoms with Gasteiger partial charge in [-0.1, -0.05) is 75.0 Å². The fraction of sp³-hybridized carbons (Fsp3) is 0.758. The first-order valence-electron chi connectivity index (χ1n) is 15.0. The molecule has 2 saturated carbocycles. The van der Waals surface area contributed by atoms with Gasteiger partial charge in [0.2, 0.25) is 0 Å². The molecule has 0 amide bonds. The van der Waals surface area contributed by atoms with Crippen molar-refractivity contribution in [2.45, 2.75) is 122 Å². The number of benzene rings is 1. The summed E-state index contributed by atoms with van der Waals surface area (Å²) in [6.45, 7) is 19.3. The molecule has 2 nitrogen and oxygen atoms in total. The first kappa shape index (κ1) is 29.4. The maximum absolute atomic E-state index is 7.29. The van der Waals surface area contributed by atoms with Gasteiger partial charge in [-0.05, 0) is 115 Å². The van der Waals surface area contributed by atoms with Gasteiger partial charge in [-0.15, -0.1) is 6.58 Å². The van der Waals surface area contributed by atoms with Gasteiger partial charge < -0.3 is 9.16 Å². The Hall–Kier alpha value is -0.583. The predicted octanol–water partition coefficient (Wildman–Crippen LogP) is 10.1. The van der Waals surface area contributed by atoms with Crippen LogP contribution in [0.15, 0.2) is 30.9 Å². The van der Waals surface area contributed by atoms with Gasteiger partial charge in [0.25, 0.3) is 0 Å². The van der Waals surface area contributed by atoms with E-state index in [0.717, 1.165) is 17.5 Å². The van der Waals surface area contributed by atoms with Gasteiger partial charge in [-0.3, -0.25) is 0 Å². The van der Waals surface area contributed by atoms with Crippen molar-refractivity contribution in [1.29, 1.82) is 0 Å². The number of halogens is 1. The lowest BCUT2D eigenvalue weighted by Gasteiger charge is -2.61. The van der Waals surface area contributed by atoms with E-state index in [9.17, 15) is 0 Å². The second-order valence-electron chi connectivity index (χ2n) is 14.2. The average Bonchev–Trinajstić information content (AvgIpc) is 3.17. The summed E-state index contributed by atoms with van der Waals surface area (Å²) in [5.41, 5.74) is 3.50. The summed E-state index contributed by atoms with van der Waals surface area (Å²) in [6.07, 6.45) is 15.6. The normalized spacial score (nSPS) is 33.4. The minimum Gasteiger partial charge on any atom is -0.497 e. The molecule has 0 aromatic heterocycles. The van der Waals surface area contributed by atoms with Crippen LogP contribution in [-0.4, -0.2) is 26.9 Å². The van der Waals surface area contributed by atoms with E-state index in [0.29, 0.717) is 23.9 Å². The number of aryl methyl sites for hydroxylation is 1. The molecule has 3 aliphatic carbocycles. The van der Waals surface area contributed by atoms with Crippen molar-refractivity contribution in [1.82, 2.24) is 0 Å². The number of rotatable bonds is 10. The molecule has 0 N–H and O–H groups in total. The summed E-state index contributed by atoms with van der Waals surface area (Å²) in [7, 11) is -0.0530. The molecule has 1 unspecified atom stereocenters. The predicted molar refractivity (Wildman–Crippen MR) is 165 cm³/mol. The third kappa shape index (κ3) is 5.30. The second kappa shape index (κ2) is 11.1. The Morgan fingerprint density at radius 3 is 2.51 bits per heavy atom. The van der Waals surface area contributed by atoms with Crippen LogP contribution in [0.4, 0.5) is 0 Å². The van der Waals surface area contributed by atoms with E-state index in [-0.39, 0.29) is 15.9 Å². The zero-order valence-corrected chi connectivity index (χ0v) is 27.4. The van der Waals surface area contributed by atoms with E-state index >= 15 is 0 Å². The second-order valence-corrected chi connectivity index (χ2v) is 19.8. The number of alkyl halides is 1. The van der Waals surface area contributed by atoms with E-state index < -0.39 is 8.32 Å². The summed E-state index contributed by atoms with van der Waals surface area (Å²) in [5.74, 6) is 2.90. The lowest BCUT2D eigenvalue weighted by Crippen LogP contribution is -2.56. The molecule has 3 aliphatic rings. The number of methoxy groups -OCH3 is 1. The number of fused-ring (bicyclic) bond motifs is 5. The molecular formula is C33H53BrO2Si. The van der Waals surface area contributed by atoms with E-state index in [2.05, 4.69) is 87.6 Å². The van der Waals surface area contributed by atoms with Crippen LogP contribution >= 0.6 is 15.9 Å². The van der Waals surface area contributed by atoms with Gasteiger partial charge in [0.1, 0.15) is 5.75 Å². The van der Waals surface area contributed by atoms with E-state index in [1.807, 2.05) is 0 Å². The van der Waals surface area contributed by atoms with Gasteiger partial charge in [0.05, 0.1) is 13.2 Å². The molecular weight excluding hydrogens is 536 g/mol. The van der Waals surface area contributed by atoms with Crippen LogP contribution < -0.4 is 4.74 Å². The van der Waals surface area contributed by atoms with Crippen molar-refractivity contribution in [3.05, 3.63) is 42.0 Å². The quantitative estimate of drug-likeness (QED) is 0.117. The van der Waals surface area contributed by atoms with Crippen molar-refractivity contribution in [3.8, 4) is 5.75 Å². The van der Waals surface area contributed by atoms with Crippen LogP contribution in [-0.2, 0) is 10.8 Å². The van der Waals surface area contributed by atoms with Gasteiger partial charge >= 0.3 is 0 Å². The van der Waals surface area contributed by atoms with Crippen LogP contribution in [0.2, 0.25) is 18.1 Å². The zero-order valence-electron chi connectivity index (χ0n) is 24.8. The molecule has 2 fully saturated rings. The van der Waals surface area contributed by atoms with Crippen LogP contribution in [0.25, 0.3) is 0 Å². The topological polar surface area (TPSA) is 18.5 Å². The maximum atomic E-state index is 7.29. The van der Waals surface area contributed by atoms with E-state index in [1.54, 1.807) is 12.7 Å². The molecule has 37 heavy (non-hydrogen) atoms. The van der Waals surface area contributed by atoms with E-state index in [1.165, 1.54) is 63.4 Å². The van der Waals surface area contributed by atoms with Crippen LogP contribution in [0.3, 0.4) is 0 Å². The SMILES string of the molecule is C=CC12CCc3cc(OC)ccc3[C@H]1[C@@H](CCCCCCBr)C[C@]1(C)[C@@H](O[Si](C)(C)C(C)(C)C)CC[C@@H]21.